The fourth-order valence-corrected chi connectivity index (χ4v) is 4.28. The topological polar surface area (TPSA) is 35.9 Å². The first-order valence-electron chi connectivity index (χ1n) is 8.44. The number of aliphatic hydroxyl groups excluding tert-OH is 1. The molecule has 0 spiro atoms. The highest BCUT2D eigenvalue weighted by molar-refractivity contribution is 5.30. The minimum Gasteiger partial charge on any atom is -0.494 e. The number of nitrogens with zero attached hydrogens (tertiary/aromatic N) is 2. The summed E-state index contributed by atoms with van der Waals surface area (Å²) >= 11 is 0. The van der Waals surface area contributed by atoms with Crippen molar-refractivity contribution in [1.82, 2.24) is 9.80 Å². The number of piperidine rings is 2. The fraction of sp³-hybridized carbons (Fsp3) is 0.667. The first-order valence-corrected chi connectivity index (χ1v) is 8.44. The number of ether oxygens (including phenoxy) is 1. The third kappa shape index (κ3) is 3.23. The molecule has 0 aromatic heterocycles. The summed E-state index contributed by atoms with van der Waals surface area (Å²) in [6.45, 7) is 4.11. The maximum absolute atomic E-state index is 13.5. The smallest absolute Gasteiger partial charge is 0.165 e. The zero-order valence-corrected chi connectivity index (χ0v) is 14.1. The van der Waals surface area contributed by atoms with Crippen molar-refractivity contribution in [1.29, 1.82) is 0 Å². The third-order valence-corrected chi connectivity index (χ3v) is 5.72. The molecular weight excluding hydrogens is 295 g/mol. The van der Waals surface area contributed by atoms with Crippen molar-refractivity contribution in [3.8, 4) is 5.75 Å². The van der Waals surface area contributed by atoms with Gasteiger partial charge in [0.25, 0.3) is 0 Å². The molecule has 2 atom stereocenters. The Morgan fingerprint density at radius 2 is 2.17 bits per heavy atom. The van der Waals surface area contributed by atoms with Gasteiger partial charge in [-0.3, -0.25) is 4.90 Å². The van der Waals surface area contributed by atoms with E-state index in [0.717, 1.165) is 44.6 Å². The van der Waals surface area contributed by atoms with E-state index in [1.165, 1.54) is 19.6 Å². The minimum absolute atomic E-state index is 0.0595. The van der Waals surface area contributed by atoms with Crippen molar-refractivity contribution < 1.29 is 14.2 Å². The molecule has 1 aromatic rings. The Hall–Kier alpha value is -1.17. The van der Waals surface area contributed by atoms with Gasteiger partial charge >= 0.3 is 0 Å². The van der Waals surface area contributed by atoms with E-state index in [2.05, 4.69) is 16.8 Å². The van der Waals surface area contributed by atoms with Crippen LogP contribution in [0.15, 0.2) is 18.2 Å². The van der Waals surface area contributed by atoms with Gasteiger partial charge in [-0.15, -0.1) is 0 Å². The number of benzene rings is 1. The lowest BCUT2D eigenvalue weighted by Gasteiger charge is -2.53. The first kappa shape index (κ1) is 16.7. The number of aliphatic hydroxyl groups is 1. The second-order valence-corrected chi connectivity index (χ2v) is 7.07. The SMILES string of the molecule is COc1cc(CN2CC[C@@]3(CO)CCCN(C)[C@@H]3C2)ccc1F. The van der Waals surface area contributed by atoms with Crippen LogP contribution in [0.25, 0.3) is 0 Å². The number of halogens is 1. The lowest BCUT2D eigenvalue weighted by atomic mass is 9.69. The quantitative estimate of drug-likeness (QED) is 0.921. The number of hydrogen-bond donors (Lipinski definition) is 1. The number of fused-ring (bicyclic) bond motifs is 1. The van der Waals surface area contributed by atoms with Crippen LogP contribution in [0.4, 0.5) is 4.39 Å². The van der Waals surface area contributed by atoms with Gasteiger partial charge in [-0.2, -0.15) is 0 Å². The van der Waals surface area contributed by atoms with Gasteiger partial charge in [0, 0.05) is 24.5 Å². The summed E-state index contributed by atoms with van der Waals surface area (Å²) in [6.07, 6.45) is 3.32. The van der Waals surface area contributed by atoms with Crippen LogP contribution in [0.1, 0.15) is 24.8 Å². The van der Waals surface area contributed by atoms with Gasteiger partial charge in [0.05, 0.1) is 13.7 Å². The van der Waals surface area contributed by atoms with Crippen molar-refractivity contribution in [3.63, 3.8) is 0 Å². The van der Waals surface area contributed by atoms with Crippen LogP contribution in [0.5, 0.6) is 5.75 Å². The molecule has 0 unspecified atom stereocenters. The highest BCUT2D eigenvalue weighted by Gasteiger charge is 2.46. The molecule has 4 nitrogen and oxygen atoms in total. The van der Waals surface area contributed by atoms with Gasteiger partial charge in [0.15, 0.2) is 11.6 Å². The Labute approximate surface area is 137 Å². The molecule has 0 amide bonds. The van der Waals surface area contributed by atoms with Crippen molar-refractivity contribution in [2.75, 3.05) is 40.4 Å². The third-order valence-electron chi connectivity index (χ3n) is 5.72. The largest absolute Gasteiger partial charge is 0.494 e. The van der Waals surface area contributed by atoms with Crippen LogP contribution >= 0.6 is 0 Å². The van der Waals surface area contributed by atoms with E-state index in [9.17, 15) is 9.50 Å². The van der Waals surface area contributed by atoms with E-state index < -0.39 is 0 Å². The second kappa shape index (κ2) is 6.75. The number of rotatable bonds is 4. The molecule has 1 aromatic carbocycles. The summed E-state index contributed by atoms with van der Waals surface area (Å²) < 4.78 is 18.6. The summed E-state index contributed by atoms with van der Waals surface area (Å²) in [5, 5.41) is 9.97. The molecule has 0 bridgehead atoms. The Bertz CT molecular complexity index is 554. The summed E-state index contributed by atoms with van der Waals surface area (Å²) in [5.74, 6) is -0.0137. The molecule has 5 heteroatoms. The Kier molecular flexibility index (Phi) is 4.90. The Morgan fingerprint density at radius 1 is 1.35 bits per heavy atom. The molecular formula is C18H27FN2O2. The monoisotopic (exact) mass is 322 g/mol. The fourth-order valence-electron chi connectivity index (χ4n) is 4.28. The maximum Gasteiger partial charge on any atom is 0.165 e. The highest BCUT2D eigenvalue weighted by Crippen LogP contribution is 2.41. The molecule has 2 aliphatic rings. The van der Waals surface area contributed by atoms with Gasteiger partial charge in [-0.05, 0) is 57.1 Å². The van der Waals surface area contributed by atoms with Crippen LogP contribution in [-0.4, -0.2) is 61.3 Å². The summed E-state index contributed by atoms with van der Waals surface area (Å²) in [7, 11) is 3.66. The van der Waals surface area contributed by atoms with Crippen LogP contribution in [0, 0.1) is 11.2 Å². The molecule has 2 saturated heterocycles. The molecule has 23 heavy (non-hydrogen) atoms. The van der Waals surface area contributed by atoms with Crippen LogP contribution in [0.2, 0.25) is 0 Å². The van der Waals surface area contributed by atoms with Crippen molar-refractivity contribution in [2.24, 2.45) is 5.41 Å². The predicted molar refractivity (Wildman–Crippen MR) is 88.0 cm³/mol. The zero-order chi connectivity index (χ0) is 16.4. The lowest BCUT2D eigenvalue weighted by molar-refractivity contribution is -0.0684. The average Bonchev–Trinajstić information content (AvgIpc) is 2.57. The Morgan fingerprint density at radius 3 is 2.91 bits per heavy atom. The van der Waals surface area contributed by atoms with E-state index in [1.807, 2.05) is 6.07 Å². The van der Waals surface area contributed by atoms with E-state index in [4.69, 9.17) is 4.74 Å². The summed E-state index contributed by atoms with van der Waals surface area (Å²) in [6, 6.07) is 5.49. The van der Waals surface area contributed by atoms with E-state index >= 15 is 0 Å². The van der Waals surface area contributed by atoms with E-state index in [0.29, 0.717) is 11.8 Å². The molecule has 3 rings (SSSR count). The standard InChI is InChI=1S/C18H27FN2O2/c1-20-8-3-6-18(13-22)7-9-21(12-17(18)20)11-14-4-5-15(19)16(10-14)23-2/h4-5,10,17,22H,3,6-9,11-13H2,1-2H3/t17-,18-/m1/s1. The van der Waals surface area contributed by atoms with Gasteiger partial charge in [-0.25, -0.2) is 4.39 Å². The van der Waals surface area contributed by atoms with E-state index in [-0.39, 0.29) is 17.8 Å². The predicted octanol–water partition coefficient (Wildman–Crippen LogP) is 2.11. The molecule has 2 aliphatic heterocycles. The highest BCUT2D eigenvalue weighted by atomic mass is 19.1. The molecule has 0 radical (unpaired) electrons. The molecule has 2 fully saturated rings. The zero-order valence-electron chi connectivity index (χ0n) is 14.1. The number of likely N-dealkylation sites (tertiary alicyclic amines) is 2. The summed E-state index contributed by atoms with van der Waals surface area (Å²) in [5.41, 5.74) is 1.13. The van der Waals surface area contributed by atoms with Gasteiger partial charge in [-0.1, -0.05) is 6.07 Å². The lowest BCUT2D eigenvalue weighted by Crippen LogP contribution is -2.61. The first-order chi connectivity index (χ1) is 11.1. The van der Waals surface area contributed by atoms with E-state index in [1.54, 1.807) is 6.07 Å². The van der Waals surface area contributed by atoms with Crippen LogP contribution < -0.4 is 4.74 Å². The normalized spacial score (nSPS) is 29.3. The Balaban J connectivity index is 1.71. The van der Waals surface area contributed by atoms with Crippen LogP contribution in [-0.2, 0) is 6.54 Å². The number of likely N-dealkylation sites (N-methyl/N-ethyl adjacent to an activating group) is 1. The molecule has 2 heterocycles. The molecule has 1 N–H and O–H groups in total. The van der Waals surface area contributed by atoms with Gasteiger partial charge < -0.3 is 14.7 Å². The van der Waals surface area contributed by atoms with Crippen molar-refractivity contribution in [3.05, 3.63) is 29.6 Å². The number of hydrogen-bond acceptors (Lipinski definition) is 4. The van der Waals surface area contributed by atoms with Crippen LogP contribution in [0.3, 0.4) is 0 Å². The van der Waals surface area contributed by atoms with Crippen molar-refractivity contribution >= 4 is 0 Å². The minimum atomic E-state index is -0.318. The average molecular weight is 322 g/mol. The van der Waals surface area contributed by atoms with Gasteiger partial charge in [0.2, 0.25) is 0 Å². The van der Waals surface area contributed by atoms with Gasteiger partial charge in [0.1, 0.15) is 0 Å². The summed E-state index contributed by atoms with van der Waals surface area (Å²) in [4.78, 5) is 4.81. The maximum atomic E-state index is 13.5. The molecule has 128 valence electrons. The molecule has 0 saturated carbocycles. The molecule has 0 aliphatic carbocycles. The van der Waals surface area contributed by atoms with Crippen molar-refractivity contribution in [2.45, 2.75) is 31.8 Å². The number of methoxy groups -OCH3 is 1. The second-order valence-electron chi connectivity index (χ2n) is 7.07.